The van der Waals surface area contributed by atoms with E-state index in [9.17, 15) is 28.1 Å². The molecule has 0 radical (unpaired) electrons. The lowest BCUT2D eigenvalue weighted by Gasteiger charge is -2.09. The highest BCUT2D eigenvalue weighted by molar-refractivity contribution is 7.89. The quantitative estimate of drug-likeness (QED) is 0.305. The minimum absolute atomic E-state index is 0.0214. The Hall–Kier alpha value is -3.31. The number of non-ortho nitro benzene ring substituents is 1. The number of sulfonamides is 1. The van der Waals surface area contributed by atoms with Crippen LogP contribution in [0.2, 0.25) is 0 Å². The van der Waals surface area contributed by atoms with E-state index in [1.54, 1.807) is 12.1 Å². The van der Waals surface area contributed by atoms with Crippen molar-refractivity contribution in [3.8, 4) is 0 Å². The first-order chi connectivity index (χ1) is 14.1. The van der Waals surface area contributed by atoms with Crippen LogP contribution in [0.1, 0.15) is 21.5 Å². The Morgan fingerprint density at radius 1 is 1.00 bits per heavy atom. The van der Waals surface area contributed by atoms with Crippen LogP contribution in [0.25, 0.3) is 0 Å². The molecule has 0 atom stereocenters. The van der Waals surface area contributed by atoms with Crippen LogP contribution in [-0.2, 0) is 14.8 Å². The topological polar surface area (TPSA) is 148 Å². The van der Waals surface area contributed by atoms with Crippen molar-refractivity contribution >= 4 is 27.5 Å². The minimum atomic E-state index is -3.96. The Kier molecular flexibility index (Phi) is 7.61. The molecule has 0 aromatic heterocycles. The van der Waals surface area contributed by atoms with Crippen LogP contribution < -0.4 is 15.4 Å². The summed E-state index contributed by atoms with van der Waals surface area (Å²) in [6.45, 7) is 3.33. The molecule has 2 aromatic carbocycles. The third-order valence-corrected chi connectivity index (χ3v) is 5.43. The Morgan fingerprint density at radius 3 is 2.30 bits per heavy atom. The molecule has 0 saturated heterocycles. The SMILES string of the molecule is Cc1cc(C)cc(C(=O)NCC(=O)NCCNS(=O)(=O)c2cccc([N+](=O)[O-])c2)c1. The molecule has 10 nitrogen and oxygen atoms in total. The van der Waals surface area contributed by atoms with Crippen molar-refractivity contribution in [1.82, 2.24) is 15.4 Å². The van der Waals surface area contributed by atoms with Crippen molar-refractivity contribution in [3.63, 3.8) is 0 Å². The summed E-state index contributed by atoms with van der Waals surface area (Å²) in [6, 6.07) is 9.99. The van der Waals surface area contributed by atoms with Gasteiger partial charge in [0.15, 0.2) is 0 Å². The molecular weight excluding hydrogens is 412 g/mol. The van der Waals surface area contributed by atoms with Gasteiger partial charge < -0.3 is 10.6 Å². The van der Waals surface area contributed by atoms with E-state index < -0.39 is 20.9 Å². The lowest BCUT2D eigenvalue weighted by Crippen LogP contribution is -2.40. The van der Waals surface area contributed by atoms with Gasteiger partial charge in [0.05, 0.1) is 16.4 Å². The van der Waals surface area contributed by atoms with Crippen LogP contribution >= 0.6 is 0 Å². The number of hydrogen-bond donors (Lipinski definition) is 3. The zero-order chi connectivity index (χ0) is 22.3. The number of nitrogens with zero attached hydrogens (tertiary/aromatic N) is 1. The molecule has 160 valence electrons. The molecule has 0 aliphatic carbocycles. The van der Waals surface area contributed by atoms with E-state index in [1.165, 1.54) is 18.2 Å². The molecule has 30 heavy (non-hydrogen) atoms. The highest BCUT2D eigenvalue weighted by atomic mass is 32.2. The number of carbonyl (C=O) groups is 2. The second-order valence-electron chi connectivity index (χ2n) is 6.56. The average Bonchev–Trinajstić information content (AvgIpc) is 2.68. The molecule has 0 fully saturated rings. The van der Waals surface area contributed by atoms with Gasteiger partial charge >= 0.3 is 0 Å². The molecule has 0 heterocycles. The maximum absolute atomic E-state index is 12.2. The largest absolute Gasteiger partial charge is 0.353 e. The fraction of sp³-hybridized carbons (Fsp3) is 0.263. The van der Waals surface area contributed by atoms with Crippen molar-refractivity contribution in [1.29, 1.82) is 0 Å². The molecular formula is C19H22N4O6S. The van der Waals surface area contributed by atoms with E-state index in [4.69, 9.17) is 0 Å². The smallest absolute Gasteiger partial charge is 0.270 e. The van der Waals surface area contributed by atoms with Crippen LogP contribution in [0.15, 0.2) is 47.4 Å². The summed E-state index contributed by atoms with van der Waals surface area (Å²) in [6.07, 6.45) is 0. The second-order valence-corrected chi connectivity index (χ2v) is 8.33. The number of aryl methyl sites for hydroxylation is 2. The number of rotatable bonds is 9. The highest BCUT2D eigenvalue weighted by Gasteiger charge is 2.17. The molecule has 0 saturated carbocycles. The summed E-state index contributed by atoms with van der Waals surface area (Å²) in [5, 5.41) is 15.7. The van der Waals surface area contributed by atoms with Gasteiger partial charge in [0.1, 0.15) is 0 Å². The summed E-state index contributed by atoms with van der Waals surface area (Å²) in [7, 11) is -3.96. The Balaban J connectivity index is 1.78. The average molecular weight is 434 g/mol. The van der Waals surface area contributed by atoms with E-state index in [0.29, 0.717) is 5.56 Å². The predicted molar refractivity (Wildman–Crippen MR) is 110 cm³/mol. The lowest BCUT2D eigenvalue weighted by molar-refractivity contribution is -0.385. The number of hydrogen-bond acceptors (Lipinski definition) is 6. The Bertz CT molecular complexity index is 1050. The predicted octanol–water partition coefficient (Wildman–Crippen LogP) is 1.04. The number of amides is 2. The van der Waals surface area contributed by atoms with E-state index >= 15 is 0 Å². The zero-order valence-electron chi connectivity index (χ0n) is 16.5. The van der Waals surface area contributed by atoms with Gasteiger partial charge in [-0.1, -0.05) is 23.3 Å². The van der Waals surface area contributed by atoms with Gasteiger partial charge in [-0.25, -0.2) is 13.1 Å². The fourth-order valence-corrected chi connectivity index (χ4v) is 3.74. The molecule has 2 rings (SSSR count). The molecule has 2 amide bonds. The molecule has 3 N–H and O–H groups in total. The summed E-state index contributed by atoms with van der Waals surface area (Å²) < 4.78 is 26.6. The summed E-state index contributed by atoms with van der Waals surface area (Å²) >= 11 is 0. The van der Waals surface area contributed by atoms with Crippen LogP contribution in [0.3, 0.4) is 0 Å². The molecule has 11 heteroatoms. The van der Waals surface area contributed by atoms with Gasteiger partial charge in [0.2, 0.25) is 15.9 Å². The summed E-state index contributed by atoms with van der Waals surface area (Å²) in [4.78, 5) is 33.8. The third-order valence-electron chi connectivity index (χ3n) is 3.97. The van der Waals surface area contributed by atoms with Crippen molar-refractivity contribution in [2.75, 3.05) is 19.6 Å². The number of nitrogens with one attached hydrogen (secondary N) is 3. The summed E-state index contributed by atoms with van der Waals surface area (Å²) in [5.74, 6) is -0.870. The van der Waals surface area contributed by atoms with E-state index in [2.05, 4.69) is 15.4 Å². The zero-order valence-corrected chi connectivity index (χ0v) is 17.3. The van der Waals surface area contributed by atoms with E-state index in [-0.39, 0.29) is 36.1 Å². The maximum atomic E-state index is 12.2. The van der Waals surface area contributed by atoms with E-state index in [0.717, 1.165) is 17.2 Å². The van der Waals surface area contributed by atoms with Crippen LogP contribution in [0.4, 0.5) is 5.69 Å². The van der Waals surface area contributed by atoms with Gasteiger partial charge in [0.25, 0.3) is 11.6 Å². The standard InChI is InChI=1S/C19H22N4O6S/c1-13-8-14(2)10-15(9-13)19(25)21-12-18(24)20-6-7-22-30(28,29)17-5-3-4-16(11-17)23(26)27/h3-5,8-11,22H,6-7,12H2,1-2H3,(H,20,24)(H,21,25). The highest BCUT2D eigenvalue weighted by Crippen LogP contribution is 2.16. The first kappa shape index (κ1) is 23.0. The number of nitro benzene ring substituents is 1. The van der Waals surface area contributed by atoms with Crippen molar-refractivity contribution in [2.24, 2.45) is 0 Å². The van der Waals surface area contributed by atoms with Gasteiger partial charge in [-0.2, -0.15) is 0 Å². The fourth-order valence-electron chi connectivity index (χ4n) is 2.67. The van der Waals surface area contributed by atoms with E-state index in [1.807, 2.05) is 19.9 Å². The van der Waals surface area contributed by atoms with Crippen LogP contribution in [-0.4, -0.2) is 44.8 Å². The van der Waals surface area contributed by atoms with Gasteiger partial charge in [-0.15, -0.1) is 0 Å². The maximum Gasteiger partial charge on any atom is 0.270 e. The third kappa shape index (κ3) is 6.64. The molecule has 0 unspecified atom stereocenters. The number of nitro groups is 1. The summed E-state index contributed by atoms with van der Waals surface area (Å²) in [5.41, 5.74) is 1.97. The molecule has 0 spiro atoms. The lowest BCUT2D eigenvalue weighted by atomic mass is 10.1. The Morgan fingerprint density at radius 2 is 1.67 bits per heavy atom. The van der Waals surface area contributed by atoms with Crippen LogP contribution in [0, 0.1) is 24.0 Å². The van der Waals surface area contributed by atoms with Crippen molar-refractivity contribution in [3.05, 3.63) is 69.3 Å². The van der Waals surface area contributed by atoms with Crippen molar-refractivity contribution < 1.29 is 22.9 Å². The molecule has 0 aliphatic heterocycles. The van der Waals surface area contributed by atoms with Gasteiger partial charge in [-0.05, 0) is 32.0 Å². The first-order valence-corrected chi connectivity index (χ1v) is 10.4. The van der Waals surface area contributed by atoms with Gasteiger partial charge in [-0.3, -0.25) is 19.7 Å². The molecule has 0 bridgehead atoms. The Labute approximate surface area is 173 Å². The second kappa shape index (κ2) is 9.94. The normalized spacial score (nSPS) is 11.0. The first-order valence-electron chi connectivity index (χ1n) is 8.96. The van der Waals surface area contributed by atoms with Crippen LogP contribution in [0.5, 0.6) is 0 Å². The number of benzene rings is 2. The molecule has 2 aromatic rings. The monoisotopic (exact) mass is 434 g/mol. The number of carbonyl (C=O) groups excluding carboxylic acids is 2. The van der Waals surface area contributed by atoms with Gasteiger partial charge in [0, 0.05) is 30.8 Å². The minimum Gasteiger partial charge on any atom is -0.353 e. The molecule has 0 aliphatic rings. The van der Waals surface area contributed by atoms with Crippen molar-refractivity contribution in [2.45, 2.75) is 18.7 Å².